The van der Waals surface area contributed by atoms with Gasteiger partial charge in [-0.05, 0) is 63.1 Å². The first-order valence-corrected chi connectivity index (χ1v) is 11.2. The second-order valence-corrected chi connectivity index (χ2v) is 9.41. The molecule has 174 valence electrons. The minimum absolute atomic E-state index is 0.0582. The molecule has 1 atom stereocenters. The first-order chi connectivity index (χ1) is 15.1. The van der Waals surface area contributed by atoms with Crippen LogP contribution < -0.4 is 4.74 Å². The maximum Gasteiger partial charge on any atom is 0.307 e. The molecule has 7 heteroatoms. The number of hydrogen-bond donors (Lipinski definition) is 0. The van der Waals surface area contributed by atoms with E-state index in [2.05, 4.69) is 4.90 Å². The lowest BCUT2D eigenvalue weighted by Gasteiger charge is -2.33. The Balaban J connectivity index is 1.57. The normalized spacial score (nSPS) is 17.2. The molecule has 0 amide bonds. The van der Waals surface area contributed by atoms with Crippen LogP contribution in [0.2, 0.25) is 5.02 Å². The van der Waals surface area contributed by atoms with E-state index < -0.39 is 5.60 Å². The number of ether oxygens (including phenoxy) is 3. The first kappa shape index (κ1) is 24.5. The van der Waals surface area contributed by atoms with Gasteiger partial charge in [0.1, 0.15) is 23.8 Å². The number of rotatable bonds is 7. The molecule has 0 saturated carbocycles. The highest BCUT2D eigenvalue weighted by atomic mass is 35.5. The molecule has 3 rings (SSSR count). The van der Waals surface area contributed by atoms with Gasteiger partial charge in [-0.1, -0.05) is 23.7 Å². The summed E-state index contributed by atoms with van der Waals surface area (Å²) in [6.07, 6.45) is 0.270. The van der Waals surface area contributed by atoms with Gasteiger partial charge in [0, 0.05) is 25.2 Å². The van der Waals surface area contributed by atoms with E-state index in [0.29, 0.717) is 42.5 Å². The number of nitrogens with zero attached hydrogens (tertiary/aromatic N) is 1. The van der Waals surface area contributed by atoms with Crippen LogP contribution >= 0.6 is 11.6 Å². The van der Waals surface area contributed by atoms with Gasteiger partial charge in [0.05, 0.1) is 24.2 Å². The zero-order chi connectivity index (χ0) is 23.3. The maximum absolute atomic E-state index is 14.0. The van der Waals surface area contributed by atoms with E-state index in [1.54, 1.807) is 12.1 Å². The molecule has 2 aromatic rings. The van der Waals surface area contributed by atoms with E-state index in [9.17, 15) is 9.18 Å². The Labute approximate surface area is 194 Å². The van der Waals surface area contributed by atoms with Crippen molar-refractivity contribution in [3.63, 3.8) is 0 Å². The molecule has 1 aliphatic rings. The largest absolute Gasteiger partial charge is 0.489 e. The van der Waals surface area contributed by atoms with Gasteiger partial charge in [-0.3, -0.25) is 9.69 Å². The third kappa shape index (κ3) is 6.92. The fourth-order valence-corrected chi connectivity index (χ4v) is 3.88. The van der Waals surface area contributed by atoms with Crippen molar-refractivity contribution >= 4 is 17.6 Å². The number of benzene rings is 2. The van der Waals surface area contributed by atoms with Gasteiger partial charge in [0.25, 0.3) is 0 Å². The highest BCUT2D eigenvalue weighted by molar-refractivity contribution is 6.31. The third-order valence-corrected chi connectivity index (χ3v) is 5.59. The van der Waals surface area contributed by atoms with Gasteiger partial charge in [-0.2, -0.15) is 0 Å². The molecule has 1 aliphatic heterocycles. The summed E-state index contributed by atoms with van der Waals surface area (Å²) in [5.74, 6) is 0.0734. The Kier molecular flexibility index (Phi) is 8.15. The van der Waals surface area contributed by atoms with Crippen molar-refractivity contribution in [1.82, 2.24) is 4.90 Å². The molecule has 0 radical (unpaired) electrons. The number of carbonyl (C=O) groups is 1. The summed E-state index contributed by atoms with van der Waals surface area (Å²) >= 11 is 6.07. The van der Waals surface area contributed by atoms with Gasteiger partial charge in [0.15, 0.2) is 0 Å². The van der Waals surface area contributed by atoms with Crippen molar-refractivity contribution in [3.8, 4) is 5.75 Å². The van der Waals surface area contributed by atoms with Crippen LogP contribution in [-0.4, -0.2) is 42.7 Å². The van der Waals surface area contributed by atoms with Crippen LogP contribution in [-0.2, 0) is 20.9 Å². The fraction of sp³-hybridized carbons (Fsp3) is 0.480. The number of hydrogen-bond acceptors (Lipinski definition) is 5. The summed E-state index contributed by atoms with van der Waals surface area (Å²) < 4.78 is 31.1. The van der Waals surface area contributed by atoms with Crippen molar-refractivity contribution in [2.24, 2.45) is 0 Å². The molecule has 0 spiro atoms. The quantitative estimate of drug-likeness (QED) is 0.509. The lowest BCUT2D eigenvalue weighted by molar-refractivity contribution is -0.155. The molecule has 1 saturated heterocycles. The molecule has 1 fully saturated rings. The Hall–Kier alpha value is -2.15. The van der Waals surface area contributed by atoms with Crippen molar-refractivity contribution in [2.45, 2.75) is 52.4 Å². The van der Waals surface area contributed by atoms with Crippen LogP contribution in [0.1, 0.15) is 50.0 Å². The minimum atomic E-state index is -0.469. The average Bonchev–Trinajstić information content (AvgIpc) is 2.71. The first-order valence-electron chi connectivity index (χ1n) is 10.8. The number of aryl methyl sites for hydroxylation is 1. The van der Waals surface area contributed by atoms with Crippen LogP contribution in [0.5, 0.6) is 5.75 Å². The highest BCUT2D eigenvalue weighted by Gasteiger charge is 2.25. The molecule has 2 aromatic carbocycles. The zero-order valence-corrected chi connectivity index (χ0v) is 19.9. The Morgan fingerprint density at radius 1 is 1.28 bits per heavy atom. The van der Waals surface area contributed by atoms with E-state index in [4.69, 9.17) is 25.8 Å². The number of halogens is 2. The molecule has 1 unspecified atom stereocenters. The molecule has 1 heterocycles. The molecule has 0 aliphatic carbocycles. The van der Waals surface area contributed by atoms with Crippen LogP contribution in [0.4, 0.5) is 4.39 Å². The van der Waals surface area contributed by atoms with Crippen LogP contribution in [0, 0.1) is 12.7 Å². The van der Waals surface area contributed by atoms with E-state index in [1.165, 1.54) is 6.07 Å². The van der Waals surface area contributed by atoms with Gasteiger partial charge in [0.2, 0.25) is 0 Å². The summed E-state index contributed by atoms with van der Waals surface area (Å²) in [5, 5.41) is 0.348. The second-order valence-electron chi connectivity index (χ2n) is 9.00. The van der Waals surface area contributed by atoms with Gasteiger partial charge in [-0.25, -0.2) is 4.39 Å². The van der Waals surface area contributed by atoms with E-state index in [0.717, 1.165) is 17.7 Å². The summed E-state index contributed by atoms with van der Waals surface area (Å²) in [6, 6.07) is 10.4. The lowest BCUT2D eigenvalue weighted by atomic mass is 10.0. The Morgan fingerprint density at radius 2 is 2.06 bits per heavy atom. The van der Waals surface area contributed by atoms with E-state index >= 15 is 0 Å². The molecule has 0 N–H and O–H groups in total. The van der Waals surface area contributed by atoms with Gasteiger partial charge < -0.3 is 14.2 Å². The monoisotopic (exact) mass is 463 g/mol. The molecule has 32 heavy (non-hydrogen) atoms. The van der Waals surface area contributed by atoms with Crippen LogP contribution in [0.15, 0.2) is 36.4 Å². The SMILES string of the molecule is Cc1cc(OCc2c(F)cccc2Cl)ccc1C1CN(CCC(=O)OC(C)(C)C)CCO1. The molecule has 0 bridgehead atoms. The molecule has 0 aromatic heterocycles. The van der Waals surface area contributed by atoms with Crippen molar-refractivity contribution in [3.05, 3.63) is 63.9 Å². The smallest absolute Gasteiger partial charge is 0.307 e. The summed E-state index contributed by atoms with van der Waals surface area (Å²) in [4.78, 5) is 14.2. The van der Waals surface area contributed by atoms with Gasteiger partial charge >= 0.3 is 5.97 Å². The van der Waals surface area contributed by atoms with E-state index in [-0.39, 0.29) is 24.5 Å². The highest BCUT2D eigenvalue weighted by Crippen LogP contribution is 2.29. The van der Waals surface area contributed by atoms with Crippen LogP contribution in [0.3, 0.4) is 0 Å². The average molecular weight is 464 g/mol. The molecule has 5 nitrogen and oxygen atoms in total. The number of morpholine rings is 1. The lowest BCUT2D eigenvalue weighted by Crippen LogP contribution is -2.40. The maximum atomic E-state index is 14.0. The fourth-order valence-electron chi connectivity index (χ4n) is 3.66. The van der Waals surface area contributed by atoms with Crippen molar-refractivity contribution in [1.29, 1.82) is 0 Å². The Bertz CT molecular complexity index is 924. The van der Waals surface area contributed by atoms with E-state index in [1.807, 2.05) is 45.9 Å². The van der Waals surface area contributed by atoms with Crippen LogP contribution in [0.25, 0.3) is 0 Å². The minimum Gasteiger partial charge on any atom is -0.489 e. The Morgan fingerprint density at radius 3 is 2.75 bits per heavy atom. The summed E-state index contributed by atoms with van der Waals surface area (Å²) in [5.41, 5.74) is 1.97. The van der Waals surface area contributed by atoms with Crippen molar-refractivity contribution in [2.75, 3.05) is 26.2 Å². The topological polar surface area (TPSA) is 48.0 Å². The predicted molar refractivity (Wildman–Crippen MR) is 123 cm³/mol. The standard InChI is InChI=1S/C25H31ClFNO4/c1-17-14-18(31-16-20-21(26)6-5-7-22(20)27)8-9-19(17)23-15-28(12-13-30-23)11-10-24(29)32-25(2,3)4/h5-9,14,23H,10-13,15-16H2,1-4H3. The van der Waals surface area contributed by atoms with Crippen molar-refractivity contribution < 1.29 is 23.4 Å². The zero-order valence-electron chi connectivity index (χ0n) is 19.1. The number of carbonyl (C=O) groups excluding carboxylic acids is 1. The number of esters is 1. The second kappa shape index (κ2) is 10.6. The van der Waals surface area contributed by atoms with Gasteiger partial charge in [-0.15, -0.1) is 0 Å². The summed E-state index contributed by atoms with van der Waals surface area (Å²) in [7, 11) is 0. The predicted octanol–water partition coefficient (Wildman–Crippen LogP) is 5.47. The molecular weight excluding hydrogens is 433 g/mol. The molecular formula is C25H31ClFNO4. The summed E-state index contributed by atoms with van der Waals surface area (Å²) in [6.45, 7) is 10.4. The third-order valence-electron chi connectivity index (χ3n) is 5.24.